The molecule has 0 amide bonds. The number of carbonyl (C=O) groups is 1. The van der Waals surface area contributed by atoms with Crippen molar-refractivity contribution in [2.45, 2.75) is 6.92 Å². The fourth-order valence-electron chi connectivity index (χ4n) is 1.30. The summed E-state index contributed by atoms with van der Waals surface area (Å²) in [5, 5.41) is 13.0. The van der Waals surface area contributed by atoms with E-state index >= 15 is 0 Å². The number of aromatic carboxylic acids is 1. The van der Waals surface area contributed by atoms with Crippen LogP contribution in [0.2, 0.25) is 0 Å². The summed E-state index contributed by atoms with van der Waals surface area (Å²) in [7, 11) is 0. The molecular weight excluding hydrogens is 194 g/mol. The van der Waals surface area contributed by atoms with Crippen molar-refractivity contribution in [2.24, 2.45) is 0 Å². The Kier molecular flexibility index (Phi) is 2.21. The van der Waals surface area contributed by atoms with E-state index in [4.69, 9.17) is 5.11 Å². The van der Waals surface area contributed by atoms with Crippen molar-refractivity contribution in [1.29, 1.82) is 0 Å². The summed E-state index contributed by atoms with van der Waals surface area (Å²) in [6.45, 7) is 1.75. The van der Waals surface area contributed by atoms with Crippen molar-refractivity contribution in [3.05, 3.63) is 42.0 Å². The van der Waals surface area contributed by atoms with E-state index in [9.17, 15) is 4.79 Å². The van der Waals surface area contributed by atoms with Crippen LogP contribution in [0, 0.1) is 6.92 Å². The molecule has 0 saturated carbocycles. The topological polar surface area (TPSA) is 68.0 Å². The highest BCUT2D eigenvalue weighted by Gasteiger charge is 2.13. The van der Waals surface area contributed by atoms with E-state index in [1.54, 1.807) is 37.5 Å². The van der Waals surface area contributed by atoms with Crippen molar-refractivity contribution in [3.63, 3.8) is 0 Å². The van der Waals surface area contributed by atoms with E-state index in [0.717, 1.165) is 0 Å². The average Bonchev–Trinajstić information content (AvgIpc) is 2.70. The number of hydrogen-bond donors (Lipinski definition) is 1. The van der Waals surface area contributed by atoms with Gasteiger partial charge in [-0.2, -0.15) is 5.10 Å². The van der Waals surface area contributed by atoms with Crippen LogP contribution >= 0.6 is 0 Å². The summed E-state index contributed by atoms with van der Waals surface area (Å²) >= 11 is 0. The van der Waals surface area contributed by atoms with Crippen molar-refractivity contribution < 1.29 is 9.90 Å². The van der Waals surface area contributed by atoms with Crippen molar-refractivity contribution in [3.8, 4) is 5.69 Å². The maximum atomic E-state index is 11.0. The van der Waals surface area contributed by atoms with Gasteiger partial charge in [0.1, 0.15) is 0 Å². The van der Waals surface area contributed by atoms with Crippen LogP contribution in [0.25, 0.3) is 5.69 Å². The van der Waals surface area contributed by atoms with Crippen LogP contribution < -0.4 is 0 Å². The van der Waals surface area contributed by atoms with Crippen LogP contribution in [0.4, 0.5) is 0 Å². The maximum absolute atomic E-state index is 11.0. The van der Waals surface area contributed by atoms with Crippen molar-refractivity contribution >= 4 is 5.97 Å². The SMILES string of the molecule is Cc1ccc(-n2cccn2)c(C(=O)O)n1. The smallest absolute Gasteiger partial charge is 0.356 e. The molecule has 0 saturated heterocycles. The minimum absolute atomic E-state index is 0.0127. The number of carboxylic acid groups (broad SMARTS) is 1. The van der Waals surface area contributed by atoms with Gasteiger partial charge in [-0.3, -0.25) is 0 Å². The van der Waals surface area contributed by atoms with Crippen LogP contribution in [-0.4, -0.2) is 25.8 Å². The van der Waals surface area contributed by atoms with Gasteiger partial charge in [0.15, 0.2) is 5.69 Å². The van der Waals surface area contributed by atoms with Crippen LogP contribution in [0.15, 0.2) is 30.6 Å². The molecule has 0 radical (unpaired) electrons. The van der Waals surface area contributed by atoms with Crippen LogP contribution in [-0.2, 0) is 0 Å². The molecule has 2 heterocycles. The summed E-state index contributed by atoms with van der Waals surface area (Å²) in [5.74, 6) is -1.05. The van der Waals surface area contributed by atoms with E-state index in [0.29, 0.717) is 11.4 Å². The maximum Gasteiger partial charge on any atom is 0.356 e. The Hall–Kier alpha value is -2.17. The highest BCUT2D eigenvalue weighted by atomic mass is 16.4. The number of carboxylic acids is 1. The number of hydrogen-bond acceptors (Lipinski definition) is 3. The molecule has 0 spiro atoms. The lowest BCUT2D eigenvalue weighted by Gasteiger charge is -2.05. The van der Waals surface area contributed by atoms with Gasteiger partial charge in [0, 0.05) is 18.1 Å². The van der Waals surface area contributed by atoms with Crippen molar-refractivity contribution in [1.82, 2.24) is 14.8 Å². The number of pyridine rings is 1. The van der Waals surface area contributed by atoms with Gasteiger partial charge in [0.25, 0.3) is 0 Å². The first-order chi connectivity index (χ1) is 7.18. The zero-order chi connectivity index (χ0) is 10.8. The summed E-state index contributed by atoms with van der Waals surface area (Å²) in [4.78, 5) is 14.9. The molecule has 0 aliphatic carbocycles. The number of aryl methyl sites for hydroxylation is 1. The van der Waals surface area contributed by atoms with E-state index in [2.05, 4.69) is 10.1 Å². The Morgan fingerprint density at radius 2 is 2.27 bits per heavy atom. The monoisotopic (exact) mass is 203 g/mol. The zero-order valence-corrected chi connectivity index (χ0v) is 8.08. The quantitative estimate of drug-likeness (QED) is 0.798. The lowest BCUT2D eigenvalue weighted by atomic mass is 10.2. The Labute approximate surface area is 86.0 Å². The highest BCUT2D eigenvalue weighted by Crippen LogP contribution is 2.12. The summed E-state index contributed by atoms with van der Waals surface area (Å²) < 4.78 is 1.48. The Balaban J connectivity index is 2.61. The largest absolute Gasteiger partial charge is 0.476 e. The minimum atomic E-state index is -1.05. The molecule has 1 N–H and O–H groups in total. The van der Waals surface area contributed by atoms with E-state index in [1.165, 1.54) is 4.68 Å². The molecule has 0 atom stereocenters. The van der Waals surface area contributed by atoms with Gasteiger partial charge >= 0.3 is 5.97 Å². The van der Waals surface area contributed by atoms with Crippen LogP contribution in [0.1, 0.15) is 16.2 Å². The second-order valence-electron chi connectivity index (χ2n) is 3.08. The predicted molar refractivity (Wildman–Crippen MR) is 53.1 cm³/mol. The Morgan fingerprint density at radius 3 is 2.87 bits per heavy atom. The summed E-state index contributed by atoms with van der Waals surface area (Å²) in [6.07, 6.45) is 3.27. The first kappa shape index (κ1) is 9.39. The van der Waals surface area contributed by atoms with Crippen LogP contribution in [0.5, 0.6) is 0 Å². The molecule has 0 aliphatic heterocycles. The standard InChI is InChI=1S/C10H9N3O2/c1-7-3-4-8(9(12-7)10(14)15)13-6-2-5-11-13/h2-6H,1H3,(H,14,15). The summed E-state index contributed by atoms with van der Waals surface area (Å²) in [6, 6.07) is 5.17. The lowest BCUT2D eigenvalue weighted by Crippen LogP contribution is -2.09. The molecule has 5 nitrogen and oxygen atoms in total. The van der Waals surface area contributed by atoms with Gasteiger partial charge in [0.2, 0.25) is 0 Å². The van der Waals surface area contributed by atoms with Gasteiger partial charge in [-0.05, 0) is 25.1 Å². The average molecular weight is 203 g/mol. The normalized spacial score (nSPS) is 10.2. The van der Waals surface area contributed by atoms with Gasteiger partial charge in [-0.25, -0.2) is 14.5 Å². The molecule has 15 heavy (non-hydrogen) atoms. The van der Waals surface area contributed by atoms with E-state index in [-0.39, 0.29) is 5.69 Å². The van der Waals surface area contributed by atoms with Gasteiger partial charge in [-0.15, -0.1) is 0 Å². The van der Waals surface area contributed by atoms with Gasteiger partial charge in [-0.1, -0.05) is 0 Å². The Morgan fingerprint density at radius 1 is 1.47 bits per heavy atom. The molecule has 5 heteroatoms. The third kappa shape index (κ3) is 1.71. The predicted octanol–water partition coefficient (Wildman–Crippen LogP) is 1.27. The first-order valence-electron chi connectivity index (χ1n) is 4.39. The highest BCUT2D eigenvalue weighted by molar-refractivity contribution is 5.89. The second-order valence-corrected chi connectivity index (χ2v) is 3.08. The molecule has 76 valence electrons. The third-order valence-corrected chi connectivity index (χ3v) is 1.97. The first-order valence-corrected chi connectivity index (χ1v) is 4.39. The summed E-state index contributed by atoms with van der Waals surface area (Å²) in [5.41, 5.74) is 1.15. The molecule has 0 bridgehead atoms. The minimum Gasteiger partial charge on any atom is -0.476 e. The fraction of sp³-hybridized carbons (Fsp3) is 0.100. The third-order valence-electron chi connectivity index (χ3n) is 1.97. The van der Waals surface area contributed by atoms with Crippen molar-refractivity contribution in [2.75, 3.05) is 0 Å². The molecule has 0 fully saturated rings. The number of nitrogens with zero attached hydrogens (tertiary/aromatic N) is 3. The molecule has 0 aromatic carbocycles. The lowest BCUT2D eigenvalue weighted by molar-refractivity contribution is 0.0690. The second kappa shape index (κ2) is 3.53. The number of rotatable bonds is 2. The zero-order valence-electron chi connectivity index (χ0n) is 8.08. The molecule has 0 unspecified atom stereocenters. The molecule has 2 aromatic heterocycles. The molecule has 2 aromatic rings. The van der Waals surface area contributed by atoms with Gasteiger partial charge in [0.05, 0.1) is 5.69 Å². The molecular formula is C10H9N3O2. The molecule has 2 rings (SSSR count). The van der Waals surface area contributed by atoms with Gasteiger partial charge < -0.3 is 5.11 Å². The molecule has 0 aliphatic rings. The fourth-order valence-corrected chi connectivity index (χ4v) is 1.30. The Bertz CT molecular complexity index is 491. The van der Waals surface area contributed by atoms with E-state index in [1.807, 2.05) is 0 Å². The number of aromatic nitrogens is 3. The van der Waals surface area contributed by atoms with Crippen LogP contribution in [0.3, 0.4) is 0 Å². The van der Waals surface area contributed by atoms with E-state index < -0.39 is 5.97 Å².